The van der Waals surface area contributed by atoms with Crippen molar-refractivity contribution in [3.05, 3.63) is 28.8 Å². The normalized spacial score (nSPS) is 10.8. The van der Waals surface area contributed by atoms with Crippen LogP contribution in [0.15, 0.2) is 0 Å². The van der Waals surface area contributed by atoms with E-state index in [4.69, 9.17) is 23.7 Å². The molecule has 0 saturated heterocycles. The van der Waals surface area contributed by atoms with Crippen molar-refractivity contribution in [2.75, 3.05) is 52.9 Å². The van der Waals surface area contributed by atoms with Gasteiger partial charge in [-0.2, -0.15) is 4.39 Å². The number of rotatable bonds is 16. The summed E-state index contributed by atoms with van der Waals surface area (Å²) < 4.78 is 79.8. The zero-order valence-corrected chi connectivity index (χ0v) is 17.2. The monoisotopic (exact) mass is 456 g/mol. The molecule has 0 aliphatic heterocycles. The van der Waals surface area contributed by atoms with Crippen LogP contribution >= 0.6 is 0 Å². The maximum absolute atomic E-state index is 13.8. The maximum atomic E-state index is 13.8. The van der Waals surface area contributed by atoms with Crippen molar-refractivity contribution in [2.45, 2.75) is 40.5 Å². The first-order valence-corrected chi connectivity index (χ1v) is 9.80. The molecule has 0 fully saturated rings. The molecule has 10 heteroatoms. The van der Waals surface area contributed by atoms with Crippen LogP contribution in [0.3, 0.4) is 0 Å². The molecule has 1 aromatic rings. The molecular formula is C21H32F4O6. The standard InChI is InChI=1S/C20H28F4O6.CH4/c1-3-6-26-8-10-28-12-13-29-11-9-27-7-5-15(25)30-20-14(4-2)16(21)17(22)18(23)19(20)24;/h3-13H2,1-2H3;1H4. The number of carbonyl (C=O) groups excluding carboxylic acids is 1. The van der Waals surface area contributed by atoms with Gasteiger partial charge in [-0.05, 0) is 12.8 Å². The number of halogens is 4. The van der Waals surface area contributed by atoms with Gasteiger partial charge in [-0.1, -0.05) is 21.3 Å². The zero-order chi connectivity index (χ0) is 22.4. The largest absolute Gasteiger partial charge is 0.423 e. The molecule has 31 heavy (non-hydrogen) atoms. The summed E-state index contributed by atoms with van der Waals surface area (Å²) in [5.74, 6) is -9.20. The van der Waals surface area contributed by atoms with Crippen molar-refractivity contribution in [3.8, 4) is 5.75 Å². The van der Waals surface area contributed by atoms with E-state index in [1.807, 2.05) is 6.92 Å². The molecule has 1 rings (SSSR count). The van der Waals surface area contributed by atoms with Crippen molar-refractivity contribution < 1.29 is 46.0 Å². The molecule has 0 heterocycles. The predicted octanol–water partition coefficient (Wildman–Crippen LogP) is 4.21. The van der Waals surface area contributed by atoms with Crippen LogP contribution in [-0.4, -0.2) is 58.8 Å². The van der Waals surface area contributed by atoms with Crippen molar-refractivity contribution in [1.29, 1.82) is 0 Å². The van der Waals surface area contributed by atoms with E-state index >= 15 is 0 Å². The minimum absolute atomic E-state index is 0. The Morgan fingerprint density at radius 1 is 0.677 bits per heavy atom. The van der Waals surface area contributed by atoms with Gasteiger partial charge in [-0.15, -0.1) is 0 Å². The molecule has 0 spiro atoms. The highest BCUT2D eigenvalue weighted by Crippen LogP contribution is 2.31. The van der Waals surface area contributed by atoms with Crippen LogP contribution in [0.1, 0.15) is 39.7 Å². The van der Waals surface area contributed by atoms with Gasteiger partial charge in [0.1, 0.15) is 0 Å². The van der Waals surface area contributed by atoms with Crippen molar-refractivity contribution >= 4 is 5.97 Å². The first kappa shape index (κ1) is 29.2. The second-order valence-corrected chi connectivity index (χ2v) is 6.09. The molecule has 0 aromatic heterocycles. The lowest BCUT2D eigenvalue weighted by molar-refractivity contribution is -0.136. The van der Waals surface area contributed by atoms with Gasteiger partial charge in [0, 0.05) is 12.2 Å². The summed E-state index contributed by atoms with van der Waals surface area (Å²) in [6, 6.07) is 0. The van der Waals surface area contributed by atoms with Gasteiger partial charge in [0.05, 0.1) is 52.7 Å². The van der Waals surface area contributed by atoms with Gasteiger partial charge in [-0.25, -0.2) is 13.2 Å². The topological polar surface area (TPSA) is 63.2 Å². The zero-order valence-electron chi connectivity index (χ0n) is 17.2. The smallest absolute Gasteiger partial charge is 0.313 e. The third-order valence-corrected chi connectivity index (χ3v) is 3.80. The highest BCUT2D eigenvalue weighted by Gasteiger charge is 2.27. The Bertz CT molecular complexity index is 657. The molecule has 0 aliphatic carbocycles. The number of carbonyl (C=O) groups is 1. The molecule has 0 amide bonds. The third kappa shape index (κ3) is 10.4. The van der Waals surface area contributed by atoms with E-state index in [2.05, 4.69) is 0 Å². The van der Waals surface area contributed by atoms with E-state index in [-0.39, 0.29) is 40.1 Å². The van der Waals surface area contributed by atoms with Gasteiger partial charge >= 0.3 is 5.97 Å². The van der Waals surface area contributed by atoms with Crippen LogP contribution in [0, 0.1) is 23.3 Å². The number of benzene rings is 1. The molecule has 0 atom stereocenters. The van der Waals surface area contributed by atoms with Crippen molar-refractivity contribution in [1.82, 2.24) is 0 Å². The van der Waals surface area contributed by atoms with E-state index in [9.17, 15) is 22.4 Å². The molecule has 0 radical (unpaired) electrons. The minimum Gasteiger partial charge on any atom is -0.423 e. The van der Waals surface area contributed by atoms with Gasteiger partial charge in [0.15, 0.2) is 17.4 Å². The fraction of sp³-hybridized carbons (Fsp3) is 0.667. The average molecular weight is 456 g/mol. The lowest BCUT2D eigenvalue weighted by Gasteiger charge is -2.12. The number of hydrogen-bond donors (Lipinski definition) is 0. The van der Waals surface area contributed by atoms with Crippen LogP contribution in [0.25, 0.3) is 0 Å². The fourth-order valence-electron chi connectivity index (χ4n) is 2.31. The Morgan fingerprint density at radius 3 is 1.61 bits per heavy atom. The lowest BCUT2D eigenvalue weighted by Crippen LogP contribution is -2.17. The Kier molecular flexibility index (Phi) is 15.9. The first-order chi connectivity index (χ1) is 14.4. The highest BCUT2D eigenvalue weighted by molar-refractivity contribution is 5.73. The van der Waals surface area contributed by atoms with Gasteiger partial charge < -0.3 is 23.7 Å². The van der Waals surface area contributed by atoms with Gasteiger partial charge in [-0.3, -0.25) is 4.79 Å². The quantitative estimate of drug-likeness (QED) is 0.0927. The van der Waals surface area contributed by atoms with E-state index in [1.165, 1.54) is 6.92 Å². The second kappa shape index (κ2) is 16.9. The van der Waals surface area contributed by atoms with Crippen LogP contribution in [0.2, 0.25) is 0 Å². The predicted molar refractivity (Wildman–Crippen MR) is 106 cm³/mol. The Morgan fingerprint density at radius 2 is 1.13 bits per heavy atom. The summed E-state index contributed by atoms with van der Waals surface area (Å²) in [7, 11) is 0. The lowest BCUT2D eigenvalue weighted by atomic mass is 10.1. The SMILES string of the molecule is C.CCCOCCOCCOCCOCCC(=O)Oc1c(F)c(F)c(F)c(F)c1CC. The maximum Gasteiger partial charge on any atom is 0.313 e. The van der Waals surface area contributed by atoms with Gasteiger partial charge in [0.2, 0.25) is 11.6 Å². The van der Waals surface area contributed by atoms with Crippen LogP contribution < -0.4 is 4.74 Å². The molecular weight excluding hydrogens is 424 g/mol. The summed E-state index contributed by atoms with van der Waals surface area (Å²) in [4.78, 5) is 11.8. The fourth-order valence-corrected chi connectivity index (χ4v) is 2.31. The van der Waals surface area contributed by atoms with Crippen molar-refractivity contribution in [2.24, 2.45) is 0 Å². The number of ether oxygens (including phenoxy) is 5. The number of hydrogen-bond acceptors (Lipinski definition) is 6. The molecule has 0 bridgehead atoms. The molecule has 6 nitrogen and oxygen atoms in total. The van der Waals surface area contributed by atoms with Crippen LogP contribution in [0.5, 0.6) is 5.75 Å². The first-order valence-electron chi connectivity index (χ1n) is 9.80. The van der Waals surface area contributed by atoms with E-state index in [1.54, 1.807) is 0 Å². The highest BCUT2D eigenvalue weighted by atomic mass is 19.2. The molecule has 0 N–H and O–H groups in total. The molecule has 0 aliphatic rings. The minimum atomic E-state index is -2.03. The summed E-state index contributed by atoms with van der Waals surface area (Å²) in [6.45, 7) is 6.33. The van der Waals surface area contributed by atoms with Crippen LogP contribution in [-0.2, 0) is 30.2 Å². The van der Waals surface area contributed by atoms with E-state index < -0.39 is 40.6 Å². The molecule has 0 unspecified atom stereocenters. The summed E-state index contributed by atoms with van der Waals surface area (Å²) in [5, 5.41) is 0. The summed E-state index contributed by atoms with van der Waals surface area (Å²) in [5.41, 5.74) is -0.548. The Hall–Kier alpha value is -1.75. The Labute approximate surface area is 180 Å². The van der Waals surface area contributed by atoms with Crippen molar-refractivity contribution in [3.63, 3.8) is 0 Å². The van der Waals surface area contributed by atoms with Gasteiger partial charge in [0.25, 0.3) is 0 Å². The number of esters is 1. The van der Waals surface area contributed by atoms with Crippen LogP contribution in [0.4, 0.5) is 17.6 Å². The average Bonchev–Trinajstić information content (AvgIpc) is 2.74. The molecule has 0 saturated carbocycles. The third-order valence-electron chi connectivity index (χ3n) is 3.80. The molecule has 1 aromatic carbocycles. The summed E-state index contributed by atoms with van der Waals surface area (Å²) in [6.07, 6.45) is 0.483. The summed E-state index contributed by atoms with van der Waals surface area (Å²) >= 11 is 0. The van der Waals surface area contributed by atoms with E-state index in [0.29, 0.717) is 33.0 Å². The van der Waals surface area contributed by atoms with E-state index in [0.717, 1.165) is 6.42 Å². The Balaban J connectivity index is 0.00000900. The molecule has 180 valence electrons. The second-order valence-electron chi connectivity index (χ2n) is 6.09.